The van der Waals surface area contributed by atoms with Crippen molar-refractivity contribution in [2.75, 3.05) is 7.11 Å². The van der Waals surface area contributed by atoms with Crippen molar-refractivity contribution in [3.8, 4) is 5.75 Å². The van der Waals surface area contributed by atoms with Crippen LogP contribution in [0.25, 0.3) is 0 Å². The highest BCUT2D eigenvalue weighted by atomic mass is 16.5. The third kappa shape index (κ3) is 1.50. The van der Waals surface area contributed by atoms with Crippen molar-refractivity contribution in [2.45, 2.75) is 25.4 Å². The molecular weight excluding hydrogens is 176 g/mol. The number of methoxy groups -OCH3 is 1. The second-order valence-corrected chi connectivity index (χ2v) is 4.28. The zero-order valence-electron chi connectivity index (χ0n) is 8.66. The van der Waals surface area contributed by atoms with Crippen LogP contribution in [0, 0.1) is 5.92 Å². The van der Waals surface area contributed by atoms with E-state index in [4.69, 9.17) is 4.74 Å². The summed E-state index contributed by atoms with van der Waals surface area (Å²) in [4.78, 5) is 0. The highest BCUT2D eigenvalue weighted by Gasteiger charge is 2.41. The molecule has 2 rings (SSSR count). The minimum atomic E-state index is -0.603. The van der Waals surface area contributed by atoms with E-state index in [2.05, 4.69) is 6.92 Å². The van der Waals surface area contributed by atoms with Gasteiger partial charge in [0.15, 0.2) is 0 Å². The van der Waals surface area contributed by atoms with Gasteiger partial charge in [-0.2, -0.15) is 0 Å². The van der Waals surface area contributed by atoms with Crippen LogP contribution in [0.4, 0.5) is 0 Å². The zero-order chi connectivity index (χ0) is 10.2. The summed E-state index contributed by atoms with van der Waals surface area (Å²) in [6, 6.07) is 7.71. The van der Waals surface area contributed by atoms with Gasteiger partial charge in [0.25, 0.3) is 0 Å². The van der Waals surface area contributed by atoms with E-state index in [1.807, 2.05) is 24.3 Å². The van der Waals surface area contributed by atoms with Gasteiger partial charge in [-0.15, -0.1) is 0 Å². The monoisotopic (exact) mass is 192 g/mol. The summed E-state index contributed by atoms with van der Waals surface area (Å²) in [6.07, 6.45) is 1.72. The predicted molar refractivity (Wildman–Crippen MR) is 55.3 cm³/mol. The summed E-state index contributed by atoms with van der Waals surface area (Å²) in [6.45, 7) is 2.16. The van der Waals surface area contributed by atoms with Crippen LogP contribution in [0.1, 0.15) is 25.3 Å². The van der Waals surface area contributed by atoms with Crippen LogP contribution in [-0.4, -0.2) is 12.2 Å². The lowest BCUT2D eigenvalue weighted by Gasteiger charge is -2.42. The minimum Gasteiger partial charge on any atom is -0.497 e. The first-order chi connectivity index (χ1) is 6.64. The lowest BCUT2D eigenvalue weighted by atomic mass is 9.68. The molecule has 1 aliphatic carbocycles. The number of hydrogen-bond donors (Lipinski definition) is 1. The summed E-state index contributed by atoms with van der Waals surface area (Å²) < 4.78 is 5.13. The van der Waals surface area contributed by atoms with Crippen molar-refractivity contribution >= 4 is 0 Å². The molecule has 1 aromatic rings. The Bertz CT molecular complexity index is 327. The molecule has 1 N–H and O–H groups in total. The molecule has 76 valence electrons. The maximum absolute atomic E-state index is 10.2. The third-order valence-corrected chi connectivity index (χ3v) is 2.98. The summed E-state index contributed by atoms with van der Waals surface area (Å²) in [5, 5.41) is 10.2. The Morgan fingerprint density at radius 2 is 2.14 bits per heavy atom. The first-order valence-electron chi connectivity index (χ1n) is 5.01. The molecule has 0 aliphatic heterocycles. The number of hydrogen-bond acceptors (Lipinski definition) is 2. The van der Waals surface area contributed by atoms with Crippen LogP contribution in [0.5, 0.6) is 5.75 Å². The zero-order valence-corrected chi connectivity index (χ0v) is 8.66. The van der Waals surface area contributed by atoms with Gasteiger partial charge < -0.3 is 9.84 Å². The van der Waals surface area contributed by atoms with Gasteiger partial charge in [0.05, 0.1) is 12.7 Å². The van der Waals surface area contributed by atoms with Gasteiger partial charge >= 0.3 is 0 Å². The number of ether oxygens (including phenoxy) is 1. The first kappa shape index (κ1) is 9.53. The lowest BCUT2D eigenvalue weighted by molar-refractivity contribution is -0.0739. The van der Waals surface area contributed by atoms with Gasteiger partial charge in [-0.1, -0.05) is 19.1 Å². The van der Waals surface area contributed by atoms with Crippen LogP contribution in [0.15, 0.2) is 24.3 Å². The minimum absolute atomic E-state index is 0.603. The molecule has 1 aromatic carbocycles. The average molecular weight is 192 g/mol. The molecule has 0 bridgehead atoms. The number of benzene rings is 1. The normalized spacial score (nSPS) is 30.9. The average Bonchev–Trinajstić information content (AvgIpc) is 2.16. The van der Waals surface area contributed by atoms with Gasteiger partial charge in [-0.05, 0) is 36.5 Å². The van der Waals surface area contributed by atoms with E-state index in [1.165, 1.54) is 0 Å². The molecule has 0 heterocycles. The van der Waals surface area contributed by atoms with E-state index in [0.717, 1.165) is 24.2 Å². The van der Waals surface area contributed by atoms with Crippen molar-refractivity contribution in [3.05, 3.63) is 29.8 Å². The molecule has 2 nitrogen and oxygen atoms in total. The Morgan fingerprint density at radius 3 is 2.71 bits per heavy atom. The Labute approximate surface area is 84.5 Å². The van der Waals surface area contributed by atoms with Crippen molar-refractivity contribution < 1.29 is 9.84 Å². The van der Waals surface area contributed by atoms with E-state index in [0.29, 0.717) is 5.92 Å². The summed E-state index contributed by atoms with van der Waals surface area (Å²) in [7, 11) is 1.65. The Kier molecular flexibility index (Phi) is 2.23. The Balaban J connectivity index is 2.24. The van der Waals surface area contributed by atoms with Gasteiger partial charge in [0.2, 0.25) is 0 Å². The van der Waals surface area contributed by atoms with Crippen molar-refractivity contribution in [1.82, 2.24) is 0 Å². The molecule has 0 radical (unpaired) electrons. The quantitative estimate of drug-likeness (QED) is 0.779. The van der Waals surface area contributed by atoms with Crippen LogP contribution in [-0.2, 0) is 5.60 Å². The van der Waals surface area contributed by atoms with E-state index in [1.54, 1.807) is 7.11 Å². The number of rotatable bonds is 2. The Hall–Kier alpha value is -1.02. The molecule has 1 fully saturated rings. The van der Waals surface area contributed by atoms with Crippen molar-refractivity contribution in [3.63, 3.8) is 0 Å². The smallest absolute Gasteiger partial charge is 0.119 e. The summed E-state index contributed by atoms with van der Waals surface area (Å²) in [5.74, 6) is 1.45. The molecule has 0 amide bonds. The van der Waals surface area contributed by atoms with Crippen LogP contribution in [0.2, 0.25) is 0 Å². The van der Waals surface area contributed by atoms with Crippen LogP contribution >= 0.6 is 0 Å². The second-order valence-electron chi connectivity index (χ2n) is 4.28. The van der Waals surface area contributed by atoms with Crippen LogP contribution in [0.3, 0.4) is 0 Å². The molecule has 1 aliphatic rings. The van der Waals surface area contributed by atoms with Gasteiger partial charge in [-0.25, -0.2) is 0 Å². The van der Waals surface area contributed by atoms with E-state index in [-0.39, 0.29) is 0 Å². The molecule has 2 heteroatoms. The molecule has 0 atom stereocenters. The fourth-order valence-corrected chi connectivity index (χ4v) is 2.24. The summed E-state index contributed by atoms with van der Waals surface area (Å²) in [5.41, 5.74) is 0.378. The molecule has 0 unspecified atom stereocenters. The predicted octanol–water partition coefficient (Wildman–Crippen LogP) is 2.31. The van der Waals surface area contributed by atoms with Crippen molar-refractivity contribution in [1.29, 1.82) is 0 Å². The van der Waals surface area contributed by atoms with E-state index < -0.39 is 5.60 Å². The van der Waals surface area contributed by atoms with E-state index in [9.17, 15) is 5.11 Å². The first-order valence-corrected chi connectivity index (χ1v) is 5.01. The van der Waals surface area contributed by atoms with Gasteiger partial charge in [0, 0.05) is 0 Å². The van der Waals surface area contributed by atoms with Crippen molar-refractivity contribution in [2.24, 2.45) is 5.92 Å². The largest absolute Gasteiger partial charge is 0.497 e. The molecule has 0 saturated heterocycles. The van der Waals surface area contributed by atoms with Gasteiger partial charge in [0.1, 0.15) is 5.75 Å². The molecule has 14 heavy (non-hydrogen) atoms. The molecule has 0 spiro atoms. The molecular formula is C12H16O2. The van der Waals surface area contributed by atoms with Gasteiger partial charge in [-0.3, -0.25) is 0 Å². The highest BCUT2D eigenvalue weighted by molar-refractivity contribution is 5.33. The number of aliphatic hydroxyl groups is 1. The maximum Gasteiger partial charge on any atom is 0.119 e. The second kappa shape index (κ2) is 3.28. The van der Waals surface area contributed by atoms with E-state index >= 15 is 0 Å². The Morgan fingerprint density at radius 1 is 1.43 bits per heavy atom. The summed E-state index contributed by atoms with van der Waals surface area (Å²) >= 11 is 0. The topological polar surface area (TPSA) is 29.5 Å². The maximum atomic E-state index is 10.2. The fourth-order valence-electron chi connectivity index (χ4n) is 2.24. The highest BCUT2D eigenvalue weighted by Crippen LogP contribution is 2.45. The molecule has 1 saturated carbocycles. The SMILES string of the molecule is COc1cccc(C2(O)CC(C)C2)c1. The van der Waals surface area contributed by atoms with Crippen LogP contribution < -0.4 is 4.74 Å². The molecule has 0 aromatic heterocycles. The lowest BCUT2D eigenvalue weighted by Crippen LogP contribution is -2.39. The third-order valence-electron chi connectivity index (χ3n) is 2.98. The standard InChI is InChI=1S/C12H16O2/c1-9-7-12(13,8-9)10-4-3-5-11(6-10)14-2/h3-6,9,13H,7-8H2,1-2H3. The fraction of sp³-hybridized carbons (Fsp3) is 0.500.